The summed E-state index contributed by atoms with van der Waals surface area (Å²) in [4.78, 5) is 23.3. The van der Waals surface area contributed by atoms with Crippen molar-refractivity contribution in [1.82, 2.24) is 0 Å². The van der Waals surface area contributed by atoms with Crippen LogP contribution in [0.2, 0.25) is 0 Å². The van der Waals surface area contributed by atoms with Crippen molar-refractivity contribution in [2.45, 2.75) is 12.0 Å². The van der Waals surface area contributed by atoms with Gasteiger partial charge >= 0.3 is 11.9 Å². The van der Waals surface area contributed by atoms with Gasteiger partial charge in [0.25, 0.3) is 0 Å². The molecule has 0 fully saturated rings. The molecule has 1 aromatic carbocycles. The zero-order valence-electron chi connectivity index (χ0n) is 12.2. The summed E-state index contributed by atoms with van der Waals surface area (Å²) in [5.41, 5.74) is 0.584. The lowest BCUT2D eigenvalue weighted by Gasteiger charge is -2.20. The first kappa shape index (κ1) is 15.8. The summed E-state index contributed by atoms with van der Waals surface area (Å²) >= 11 is 0. The molecule has 0 N–H and O–H groups in total. The van der Waals surface area contributed by atoms with Crippen molar-refractivity contribution < 1.29 is 28.2 Å². The molecule has 0 aliphatic carbocycles. The van der Waals surface area contributed by atoms with Gasteiger partial charge in [-0.3, -0.25) is 0 Å². The van der Waals surface area contributed by atoms with Gasteiger partial charge in [0.05, 0.1) is 19.8 Å². The normalized spacial score (nSPS) is 19.9. The summed E-state index contributed by atoms with van der Waals surface area (Å²) in [7, 11) is 2.43. The molecule has 0 saturated carbocycles. The van der Waals surface area contributed by atoms with Gasteiger partial charge in [-0.2, -0.15) is 0 Å². The molecular formula is C16H15FO5. The number of hydrogen-bond acceptors (Lipinski definition) is 5. The Morgan fingerprint density at radius 3 is 2.59 bits per heavy atom. The maximum atomic E-state index is 13.4. The summed E-state index contributed by atoms with van der Waals surface area (Å²) in [5.74, 6) is -2.37. The van der Waals surface area contributed by atoms with Crippen molar-refractivity contribution in [2.24, 2.45) is 0 Å². The molecule has 1 heterocycles. The predicted molar refractivity (Wildman–Crippen MR) is 75.3 cm³/mol. The number of hydrogen-bond donors (Lipinski definition) is 0. The van der Waals surface area contributed by atoms with Crippen molar-refractivity contribution in [3.8, 4) is 0 Å². The van der Waals surface area contributed by atoms with Crippen LogP contribution in [0.15, 0.2) is 48.3 Å². The van der Waals surface area contributed by atoms with E-state index in [0.29, 0.717) is 5.56 Å². The van der Waals surface area contributed by atoms with Gasteiger partial charge in [0.15, 0.2) is 0 Å². The fourth-order valence-electron chi connectivity index (χ4n) is 2.24. The number of ether oxygens (including phenoxy) is 3. The van der Waals surface area contributed by atoms with E-state index < -0.39 is 29.8 Å². The number of carbonyl (C=O) groups excluding carboxylic acids is 2. The second-order valence-electron chi connectivity index (χ2n) is 4.66. The highest BCUT2D eigenvalue weighted by molar-refractivity contribution is 5.91. The van der Waals surface area contributed by atoms with Gasteiger partial charge in [0.1, 0.15) is 11.9 Å². The van der Waals surface area contributed by atoms with E-state index in [1.54, 1.807) is 6.07 Å². The van der Waals surface area contributed by atoms with E-state index in [2.05, 4.69) is 16.1 Å². The highest BCUT2D eigenvalue weighted by Gasteiger charge is 2.38. The molecule has 2 atom stereocenters. The number of methoxy groups -OCH3 is 2. The monoisotopic (exact) mass is 306 g/mol. The third-order valence-electron chi connectivity index (χ3n) is 3.32. The molecule has 0 amide bonds. The molecule has 1 aliphatic heterocycles. The van der Waals surface area contributed by atoms with Gasteiger partial charge in [-0.1, -0.05) is 18.7 Å². The Kier molecular flexibility index (Phi) is 4.60. The topological polar surface area (TPSA) is 61.8 Å². The first-order valence-electron chi connectivity index (χ1n) is 6.47. The number of carbonyl (C=O) groups is 2. The predicted octanol–water partition coefficient (Wildman–Crippen LogP) is 2.09. The van der Waals surface area contributed by atoms with Crippen LogP contribution in [-0.4, -0.2) is 32.3 Å². The number of rotatable bonds is 4. The van der Waals surface area contributed by atoms with Gasteiger partial charge < -0.3 is 14.2 Å². The smallest absolute Gasteiger partial charge is 0.373 e. The van der Waals surface area contributed by atoms with Crippen molar-refractivity contribution in [3.63, 3.8) is 0 Å². The second kappa shape index (κ2) is 6.43. The van der Waals surface area contributed by atoms with Crippen LogP contribution in [0.1, 0.15) is 11.5 Å². The Labute approximate surface area is 127 Å². The Hall–Kier alpha value is -2.63. The van der Waals surface area contributed by atoms with Gasteiger partial charge in [-0.05, 0) is 23.8 Å². The van der Waals surface area contributed by atoms with E-state index in [1.165, 1.54) is 38.5 Å². The SMILES string of the molecule is C=C(C(=O)OC)[C@H]1OC(C(=O)OC)=C[C@@H]1c1cccc(F)c1. The molecule has 0 radical (unpaired) electrons. The molecule has 0 aromatic heterocycles. The Balaban J connectivity index is 2.39. The molecule has 2 rings (SSSR count). The highest BCUT2D eigenvalue weighted by Crippen LogP contribution is 2.36. The molecule has 116 valence electrons. The lowest BCUT2D eigenvalue weighted by molar-refractivity contribution is -0.142. The van der Waals surface area contributed by atoms with Crippen LogP contribution in [0.25, 0.3) is 0 Å². The Bertz CT molecular complexity index is 650. The van der Waals surface area contributed by atoms with E-state index in [9.17, 15) is 14.0 Å². The van der Waals surface area contributed by atoms with E-state index in [4.69, 9.17) is 4.74 Å². The first-order valence-corrected chi connectivity index (χ1v) is 6.47. The fourth-order valence-corrected chi connectivity index (χ4v) is 2.24. The van der Waals surface area contributed by atoms with Crippen LogP contribution in [-0.2, 0) is 23.8 Å². The van der Waals surface area contributed by atoms with Gasteiger partial charge in [-0.25, -0.2) is 14.0 Å². The summed E-state index contributed by atoms with van der Waals surface area (Å²) in [6.45, 7) is 3.65. The number of esters is 2. The van der Waals surface area contributed by atoms with Crippen LogP contribution >= 0.6 is 0 Å². The van der Waals surface area contributed by atoms with Crippen molar-refractivity contribution in [3.05, 3.63) is 59.6 Å². The Morgan fingerprint density at radius 1 is 1.27 bits per heavy atom. The van der Waals surface area contributed by atoms with Crippen molar-refractivity contribution >= 4 is 11.9 Å². The molecule has 5 nitrogen and oxygen atoms in total. The minimum Gasteiger partial charge on any atom is -0.477 e. The van der Waals surface area contributed by atoms with Crippen LogP contribution in [0, 0.1) is 5.82 Å². The van der Waals surface area contributed by atoms with Crippen molar-refractivity contribution in [2.75, 3.05) is 14.2 Å². The van der Waals surface area contributed by atoms with E-state index >= 15 is 0 Å². The van der Waals surface area contributed by atoms with Gasteiger partial charge in [-0.15, -0.1) is 0 Å². The van der Waals surface area contributed by atoms with E-state index in [-0.39, 0.29) is 11.3 Å². The third-order valence-corrected chi connectivity index (χ3v) is 3.32. The first-order chi connectivity index (χ1) is 10.5. The number of halogens is 1. The Morgan fingerprint density at radius 2 is 2.00 bits per heavy atom. The zero-order chi connectivity index (χ0) is 16.3. The largest absolute Gasteiger partial charge is 0.477 e. The maximum absolute atomic E-state index is 13.4. The summed E-state index contributed by atoms with van der Waals surface area (Å²) < 4.78 is 28.1. The van der Waals surface area contributed by atoms with E-state index in [0.717, 1.165) is 0 Å². The molecular weight excluding hydrogens is 291 g/mol. The molecule has 1 aliphatic rings. The van der Waals surface area contributed by atoms with E-state index in [1.807, 2.05) is 0 Å². The van der Waals surface area contributed by atoms with Crippen LogP contribution in [0.4, 0.5) is 4.39 Å². The number of benzene rings is 1. The molecule has 6 heteroatoms. The molecule has 0 spiro atoms. The molecule has 1 aromatic rings. The summed E-state index contributed by atoms with van der Waals surface area (Å²) in [6.07, 6.45) is 0.627. The quantitative estimate of drug-likeness (QED) is 0.629. The summed E-state index contributed by atoms with van der Waals surface area (Å²) in [6, 6.07) is 5.81. The third kappa shape index (κ3) is 3.00. The highest BCUT2D eigenvalue weighted by atomic mass is 19.1. The van der Waals surface area contributed by atoms with Gasteiger partial charge in [0.2, 0.25) is 5.76 Å². The second-order valence-corrected chi connectivity index (χ2v) is 4.66. The van der Waals surface area contributed by atoms with Crippen LogP contribution < -0.4 is 0 Å². The lowest BCUT2D eigenvalue weighted by atomic mass is 9.90. The molecule has 0 bridgehead atoms. The van der Waals surface area contributed by atoms with Gasteiger partial charge in [0, 0.05) is 5.92 Å². The summed E-state index contributed by atoms with van der Waals surface area (Å²) in [5, 5.41) is 0. The maximum Gasteiger partial charge on any atom is 0.373 e. The fraction of sp³-hybridized carbons (Fsp3) is 0.250. The minimum absolute atomic E-state index is 0.0342. The average molecular weight is 306 g/mol. The molecule has 0 unspecified atom stereocenters. The zero-order valence-corrected chi connectivity index (χ0v) is 12.2. The minimum atomic E-state index is -0.858. The van der Waals surface area contributed by atoms with Crippen molar-refractivity contribution in [1.29, 1.82) is 0 Å². The molecule has 22 heavy (non-hydrogen) atoms. The standard InChI is InChI=1S/C16H15FO5/c1-9(15(18)20-2)14-12(8-13(22-14)16(19)21-3)10-5-4-6-11(17)7-10/h4-8,12,14H,1H2,2-3H3/t12-,14-/m1/s1. The van der Waals surface area contributed by atoms with Crippen LogP contribution in [0.3, 0.4) is 0 Å². The van der Waals surface area contributed by atoms with Crippen LogP contribution in [0.5, 0.6) is 0 Å². The lowest BCUT2D eigenvalue weighted by Crippen LogP contribution is -2.24. The average Bonchev–Trinajstić information content (AvgIpc) is 2.97. The molecule has 0 saturated heterocycles.